The van der Waals surface area contributed by atoms with Gasteiger partial charge in [-0.1, -0.05) is 0 Å². The van der Waals surface area contributed by atoms with Gasteiger partial charge in [0.1, 0.15) is 17.5 Å². The number of halogens is 1. The number of carbonyl (C=O) groups is 2. The number of amides is 1. The van der Waals surface area contributed by atoms with Crippen LogP contribution in [0.2, 0.25) is 0 Å². The van der Waals surface area contributed by atoms with E-state index >= 15 is 0 Å². The maximum atomic E-state index is 14.2. The molecule has 1 amide bonds. The van der Waals surface area contributed by atoms with Gasteiger partial charge in [0.05, 0.1) is 12.1 Å². The first-order chi connectivity index (χ1) is 11.8. The van der Waals surface area contributed by atoms with E-state index in [0.29, 0.717) is 11.4 Å². The lowest BCUT2D eigenvalue weighted by atomic mass is 10.1. The van der Waals surface area contributed by atoms with E-state index < -0.39 is 5.82 Å². The lowest BCUT2D eigenvalue weighted by molar-refractivity contribution is -0.117. The minimum Gasteiger partial charge on any atom is -0.383 e. The molecule has 8 heteroatoms. The highest BCUT2D eigenvalue weighted by molar-refractivity contribution is 6.02. The Balaban J connectivity index is 1.97. The van der Waals surface area contributed by atoms with Gasteiger partial charge in [-0.05, 0) is 39.0 Å². The second-order valence-electron chi connectivity index (χ2n) is 6.14. The number of nitrogens with two attached hydrogens (primary N) is 1. The van der Waals surface area contributed by atoms with Crippen molar-refractivity contribution in [3.63, 3.8) is 0 Å². The molecule has 130 valence electrons. The number of anilines is 4. The fourth-order valence-electron chi connectivity index (χ4n) is 2.76. The van der Waals surface area contributed by atoms with Gasteiger partial charge in [0, 0.05) is 17.2 Å². The molecule has 0 atom stereocenters. The molecule has 0 fully saturated rings. The largest absolute Gasteiger partial charge is 0.383 e. The quantitative estimate of drug-likeness (QED) is 0.827. The number of Topliss-reactive ketones (excluding diaryl/α,β-unsaturated/α-hetero) is 1. The van der Waals surface area contributed by atoms with Crippen molar-refractivity contribution in [2.45, 2.75) is 33.2 Å². The predicted octanol–water partition coefficient (Wildman–Crippen LogP) is 2.44. The van der Waals surface area contributed by atoms with Gasteiger partial charge in [-0.25, -0.2) is 4.39 Å². The fraction of sp³-hybridized carbons (Fsp3) is 0.294. The van der Waals surface area contributed by atoms with Crippen molar-refractivity contribution in [3.8, 4) is 0 Å². The van der Waals surface area contributed by atoms with Gasteiger partial charge >= 0.3 is 0 Å². The summed E-state index contributed by atoms with van der Waals surface area (Å²) in [5.74, 6) is -0.214. The average molecular weight is 343 g/mol. The summed E-state index contributed by atoms with van der Waals surface area (Å²) in [5.41, 5.74) is 6.91. The molecule has 1 aliphatic rings. The smallest absolute Gasteiger partial charge is 0.233 e. The molecule has 1 aromatic carbocycles. The van der Waals surface area contributed by atoms with Gasteiger partial charge in [0.2, 0.25) is 11.9 Å². The Kier molecular flexibility index (Phi) is 4.12. The molecule has 0 saturated heterocycles. The summed E-state index contributed by atoms with van der Waals surface area (Å²) in [6.07, 6.45) is 0.154. The van der Waals surface area contributed by atoms with Crippen LogP contribution in [0, 0.1) is 5.82 Å². The molecule has 0 saturated carbocycles. The third-order valence-corrected chi connectivity index (χ3v) is 3.98. The zero-order valence-electron chi connectivity index (χ0n) is 14.1. The Morgan fingerprint density at radius 3 is 2.68 bits per heavy atom. The van der Waals surface area contributed by atoms with Crippen LogP contribution in [0.1, 0.15) is 36.7 Å². The Morgan fingerprint density at radius 1 is 1.36 bits per heavy atom. The summed E-state index contributed by atoms with van der Waals surface area (Å²) in [5, 5.41) is 2.76. The van der Waals surface area contributed by atoms with Gasteiger partial charge in [-0.15, -0.1) is 0 Å². The molecule has 2 aromatic rings. The fourth-order valence-corrected chi connectivity index (χ4v) is 2.76. The first-order valence-electron chi connectivity index (χ1n) is 7.84. The van der Waals surface area contributed by atoms with Crippen LogP contribution < -0.4 is 16.0 Å². The maximum absolute atomic E-state index is 14.2. The zero-order chi connectivity index (χ0) is 18.3. The number of benzene rings is 1. The summed E-state index contributed by atoms with van der Waals surface area (Å²) in [6.45, 7) is 5.11. The summed E-state index contributed by atoms with van der Waals surface area (Å²) in [4.78, 5) is 33.4. The number of aromatic nitrogens is 2. The van der Waals surface area contributed by atoms with Crippen molar-refractivity contribution in [1.82, 2.24) is 9.97 Å². The molecule has 25 heavy (non-hydrogen) atoms. The number of hydrogen-bond acceptors (Lipinski definition) is 6. The van der Waals surface area contributed by atoms with Crippen molar-refractivity contribution in [3.05, 3.63) is 35.1 Å². The lowest BCUT2D eigenvalue weighted by Gasteiger charge is -2.21. The highest BCUT2D eigenvalue weighted by Gasteiger charge is 2.33. The maximum Gasteiger partial charge on any atom is 0.233 e. The number of nitrogens with one attached hydrogen (secondary N) is 1. The Morgan fingerprint density at radius 2 is 2.08 bits per heavy atom. The SMILES string of the molecule is CC(=O)c1ccc(Nc2nc(N)c3c(n2)N(C(C)C)C(=O)C3)c(F)c1. The first-order valence-corrected chi connectivity index (χ1v) is 7.84. The molecule has 0 spiro atoms. The van der Waals surface area contributed by atoms with Crippen molar-refractivity contribution >= 4 is 35.0 Å². The van der Waals surface area contributed by atoms with Crippen LogP contribution in [-0.2, 0) is 11.2 Å². The van der Waals surface area contributed by atoms with Crippen molar-refractivity contribution in [2.24, 2.45) is 0 Å². The molecule has 3 N–H and O–H groups in total. The van der Waals surface area contributed by atoms with Gasteiger partial charge in [0.25, 0.3) is 0 Å². The summed E-state index contributed by atoms with van der Waals surface area (Å²) in [6, 6.07) is 4.01. The molecule has 7 nitrogen and oxygen atoms in total. The molecule has 0 radical (unpaired) electrons. The Hall–Kier alpha value is -3.03. The number of rotatable bonds is 4. The molecule has 1 aliphatic heterocycles. The second-order valence-corrected chi connectivity index (χ2v) is 6.14. The van der Waals surface area contributed by atoms with E-state index in [1.165, 1.54) is 19.1 Å². The van der Waals surface area contributed by atoms with Crippen LogP contribution in [-0.4, -0.2) is 27.7 Å². The second kappa shape index (κ2) is 6.12. The number of nitrogens with zero attached hydrogens (tertiary/aromatic N) is 3. The average Bonchev–Trinajstić information content (AvgIpc) is 2.86. The van der Waals surface area contributed by atoms with Crippen molar-refractivity contribution in [2.75, 3.05) is 16.0 Å². The molecule has 2 heterocycles. The third-order valence-electron chi connectivity index (χ3n) is 3.98. The highest BCUT2D eigenvalue weighted by atomic mass is 19.1. The predicted molar refractivity (Wildman–Crippen MR) is 92.5 cm³/mol. The Bertz CT molecular complexity index is 882. The number of fused-ring (bicyclic) bond motifs is 1. The molecule has 1 aromatic heterocycles. The van der Waals surface area contributed by atoms with Crippen molar-refractivity contribution in [1.29, 1.82) is 0 Å². The lowest BCUT2D eigenvalue weighted by Crippen LogP contribution is -2.34. The van der Waals surface area contributed by atoms with Crippen LogP contribution in [0.15, 0.2) is 18.2 Å². The van der Waals surface area contributed by atoms with Crippen LogP contribution in [0.5, 0.6) is 0 Å². The molecular weight excluding hydrogens is 325 g/mol. The molecule has 3 rings (SSSR count). The zero-order valence-corrected chi connectivity index (χ0v) is 14.1. The Labute approximate surface area is 144 Å². The third kappa shape index (κ3) is 3.02. The minimum atomic E-state index is -0.604. The molecule has 0 aliphatic carbocycles. The van der Waals surface area contributed by atoms with Gasteiger partial charge in [-0.2, -0.15) is 9.97 Å². The number of ketones is 1. The normalized spacial score (nSPS) is 13.3. The van der Waals surface area contributed by atoms with Gasteiger partial charge in [-0.3, -0.25) is 14.5 Å². The van der Waals surface area contributed by atoms with E-state index in [1.54, 1.807) is 4.90 Å². The van der Waals surface area contributed by atoms with Gasteiger partial charge < -0.3 is 11.1 Å². The van der Waals surface area contributed by atoms with E-state index in [0.717, 1.165) is 6.07 Å². The van der Waals surface area contributed by atoms with E-state index in [1.807, 2.05) is 13.8 Å². The number of hydrogen-bond donors (Lipinski definition) is 2. The van der Waals surface area contributed by atoms with Crippen LogP contribution in [0.4, 0.5) is 27.7 Å². The van der Waals surface area contributed by atoms with Crippen LogP contribution >= 0.6 is 0 Å². The summed E-state index contributed by atoms with van der Waals surface area (Å²) < 4.78 is 14.2. The van der Waals surface area contributed by atoms with E-state index in [2.05, 4.69) is 15.3 Å². The number of carbonyl (C=O) groups excluding carboxylic acids is 2. The van der Waals surface area contributed by atoms with Gasteiger partial charge in [0.15, 0.2) is 5.78 Å². The molecule has 0 bridgehead atoms. The van der Waals surface area contributed by atoms with E-state index in [4.69, 9.17) is 5.73 Å². The van der Waals surface area contributed by atoms with Crippen LogP contribution in [0.3, 0.4) is 0 Å². The molecule has 0 unspecified atom stereocenters. The standard InChI is InChI=1S/C17H18FN5O2/c1-8(2)23-14(25)7-11-15(19)21-17(22-16(11)23)20-13-5-4-10(9(3)24)6-12(13)18/h4-6,8H,7H2,1-3H3,(H3,19,20,21,22). The number of nitrogen functional groups attached to an aromatic ring is 1. The van der Waals surface area contributed by atoms with E-state index in [-0.39, 0.29) is 47.2 Å². The monoisotopic (exact) mass is 343 g/mol. The topological polar surface area (TPSA) is 101 Å². The summed E-state index contributed by atoms with van der Waals surface area (Å²) in [7, 11) is 0. The minimum absolute atomic E-state index is 0.0810. The summed E-state index contributed by atoms with van der Waals surface area (Å²) >= 11 is 0. The molecular formula is C17H18FN5O2. The van der Waals surface area contributed by atoms with E-state index in [9.17, 15) is 14.0 Å². The van der Waals surface area contributed by atoms with Crippen LogP contribution in [0.25, 0.3) is 0 Å². The first kappa shape index (κ1) is 16.8. The van der Waals surface area contributed by atoms with Crippen molar-refractivity contribution < 1.29 is 14.0 Å². The highest BCUT2D eigenvalue weighted by Crippen LogP contribution is 2.33.